The summed E-state index contributed by atoms with van der Waals surface area (Å²) in [6.45, 7) is 9.98. The fourth-order valence-electron chi connectivity index (χ4n) is 5.28. The van der Waals surface area contributed by atoms with Gasteiger partial charge in [-0.25, -0.2) is 14.7 Å². The Balaban J connectivity index is 1.40. The number of benzene rings is 2. The van der Waals surface area contributed by atoms with E-state index in [2.05, 4.69) is 24.1 Å². The Bertz CT molecular complexity index is 1460. The van der Waals surface area contributed by atoms with Gasteiger partial charge in [0.25, 0.3) is 5.91 Å². The van der Waals surface area contributed by atoms with Gasteiger partial charge in [0.2, 0.25) is 5.91 Å². The quantitative estimate of drug-likeness (QED) is 0.442. The zero-order valence-electron chi connectivity index (χ0n) is 23.1. The van der Waals surface area contributed by atoms with E-state index in [9.17, 15) is 14.4 Å². The number of ether oxygens (including phenoxy) is 1. The molecule has 4 amide bonds. The Morgan fingerprint density at radius 2 is 1.74 bits per heavy atom. The lowest BCUT2D eigenvalue weighted by Crippen LogP contribution is -2.43. The highest BCUT2D eigenvalue weighted by atomic mass is 16.5. The molecule has 9 heteroatoms. The van der Waals surface area contributed by atoms with Gasteiger partial charge in [-0.15, -0.1) is 0 Å². The highest BCUT2D eigenvalue weighted by molar-refractivity contribution is 6.23. The summed E-state index contributed by atoms with van der Waals surface area (Å²) < 4.78 is 5.21. The minimum absolute atomic E-state index is 0.0725. The zero-order valence-corrected chi connectivity index (χ0v) is 23.1. The van der Waals surface area contributed by atoms with Crippen molar-refractivity contribution in [2.45, 2.75) is 52.1 Å². The first-order valence-electron chi connectivity index (χ1n) is 12.9. The molecule has 0 radical (unpaired) electrons. The lowest BCUT2D eigenvalue weighted by atomic mass is 9.87. The molecule has 3 heterocycles. The van der Waals surface area contributed by atoms with E-state index >= 15 is 0 Å². The Kier molecular flexibility index (Phi) is 6.33. The van der Waals surface area contributed by atoms with Crippen molar-refractivity contribution in [1.82, 2.24) is 9.88 Å². The van der Waals surface area contributed by atoms with Crippen molar-refractivity contribution in [3.05, 3.63) is 71.9 Å². The number of nitrogens with one attached hydrogen (secondary N) is 1. The van der Waals surface area contributed by atoms with Crippen molar-refractivity contribution in [3.63, 3.8) is 0 Å². The maximum Gasteiger partial charge on any atom is 0.332 e. The number of carbonyl (C=O) groups is 3. The van der Waals surface area contributed by atoms with Crippen molar-refractivity contribution in [2.24, 2.45) is 0 Å². The molecule has 2 aliphatic rings. The van der Waals surface area contributed by atoms with Crippen molar-refractivity contribution >= 4 is 40.7 Å². The number of rotatable bonds is 6. The van der Waals surface area contributed by atoms with E-state index in [0.717, 1.165) is 28.3 Å². The summed E-state index contributed by atoms with van der Waals surface area (Å²) in [6, 6.07) is 16.3. The van der Waals surface area contributed by atoms with E-state index in [0.29, 0.717) is 18.1 Å². The summed E-state index contributed by atoms with van der Waals surface area (Å²) in [7, 11) is 1.62. The predicted octanol–water partition coefficient (Wildman–Crippen LogP) is 5.23. The number of imide groups is 1. The molecule has 1 aromatic heterocycles. The minimum Gasteiger partial charge on any atom is -0.497 e. The van der Waals surface area contributed by atoms with E-state index in [1.54, 1.807) is 49.1 Å². The van der Waals surface area contributed by atoms with E-state index in [4.69, 9.17) is 4.74 Å². The molecule has 0 saturated carbocycles. The number of urea groups is 1. The lowest BCUT2D eigenvalue weighted by Gasteiger charge is -2.27. The molecule has 3 aromatic rings. The number of pyridine rings is 1. The summed E-state index contributed by atoms with van der Waals surface area (Å²) in [5.74, 6) is 0.990. The zero-order chi connectivity index (χ0) is 28.1. The number of carbonyl (C=O) groups excluding carboxylic acids is 3. The number of fused-ring (bicyclic) bond motifs is 1. The molecule has 2 aliphatic heterocycles. The molecule has 202 valence electrons. The van der Waals surface area contributed by atoms with E-state index in [-0.39, 0.29) is 23.8 Å². The summed E-state index contributed by atoms with van der Waals surface area (Å²) in [6.07, 6.45) is 1.67. The Morgan fingerprint density at radius 3 is 2.41 bits per heavy atom. The van der Waals surface area contributed by atoms with Gasteiger partial charge in [0, 0.05) is 43.0 Å². The van der Waals surface area contributed by atoms with Gasteiger partial charge in [0.15, 0.2) is 0 Å². The monoisotopic (exact) mass is 527 g/mol. The Morgan fingerprint density at radius 1 is 1.03 bits per heavy atom. The van der Waals surface area contributed by atoms with Crippen molar-refractivity contribution in [1.29, 1.82) is 0 Å². The Hall–Kier alpha value is -4.40. The number of amides is 4. The molecule has 5 rings (SSSR count). The fourth-order valence-corrected chi connectivity index (χ4v) is 5.28. The van der Waals surface area contributed by atoms with E-state index in [1.807, 2.05) is 42.5 Å². The van der Waals surface area contributed by atoms with Gasteiger partial charge < -0.3 is 19.9 Å². The molecule has 39 heavy (non-hydrogen) atoms. The van der Waals surface area contributed by atoms with Crippen LogP contribution in [0.2, 0.25) is 0 Å². The number of hydrogen-bond acceptors (Lipinski definition) is 6. The second-order valence-electron chi connectivity index (χ2n) is 11.2. The van der Waals surface area contributed by atoms with Gasteiger partial charge in [-0.3, -0.25) is 9.59 Å². The number of hydrogen-bond donors (Lipinski definition) is 1. The van der Waals surface area contributed by atoms with Gasteiger partial charge in [-0.05, 0) is 73.5 Å². The highest BCUT2D eigenvalue weighted by Gasteiger charge is 2.52. The van der Waals surface area contributed by atoms with Gasteiger partial charge in [0.05, 0.1) is 12.8 Å². The van der Waals surface area contributed by atoms with Crippen LogP contribution in [0, 0.1) is 0 Å². The molecule has 0 atom stereocenters. The smallest absolute Gasteiger partial charge is 0.332 e. The topological polar surface area (TPSA) is 95.1 Å². The first-order valence-corrected chi connectivity index (χ1v) is 12.9. The van der Waals surface area contributed by atoms with Crippen molar-refractivity contribution in [2.75, 3.05) is 28.8 Å². The standard InChI is InChI=1S/C30H33N5O4/c1-19(36)33-18-29(2,3)24-12-9-22(16-25(24)33)35-27(37)30(4,5)34(28(35)38)17-20-13-14-31-26(15-20)32-21-7-10-23(39-6)11-8-21/h7-16H,17-18H2,1-6H3,(H,31,32). The molecule has 0 bridgehead atoms. The first-order chi connectivity index (χ1) is 18.4. The minimum atomic E-state index is -1.07. The maximum atomic E-state index is 13.7. The predicted molar refractivity (Wildman–Crippen MR) is 151 cm³/mol. The van der Waals surface area contributed by atoms with Gasteiger partial charge in [0.1, 0.15) is 17.1 Å². The molecular weight excluding hydrogens is 494 g/mol. The summed E-state index contributed by atoms with van der Waals surface area (Å²) >= 11 is 0. The fraction of sp³-hybridized carbons (Fsp3) is 0.333. The molecule has 1 saturated heterocycles. The number of methoxy groups -OCH3 is 1. The van der Waals surface area contributed by atoms with Crippen LogP contribution in [0.1, 0.15) is 45.7 Å². The van der Waals surface area contributed by atoms with Gasteiger partial charge in [-0.1, -0.05) is 19.9 Å². The molecule has 0 unspecified atom stereocenters. The maximum absolute atomic E-state index is 13.7. The van der Waals surface area contributed by atoms with Crippen molar-refractivity contribution in [3.8, 4) is 5.75 Å². The summed E-state index contributed by atoms with van der Waals surface area (Å²) in [4.78, 5) is 48.6. The molecule has 9 nitrogen and oxygen atoms in total. The third kappa shape index (κ3) is 4.58. The summed E-state index contributed by atoms with van der Waals surface area (Å²) in [5.41, 5.74) is 2.61. The SMILES string of the molecule is COc1ccc(Nc2cc(CN3C(=O)N(c4ccc5c(c4)N(C(C)=O)CC5(C)C)C(=O)C3(C)C)ccn2)cc1. The van der Waals surface area contributed by atoms with Crippen LogP contribution in [0.5, 0.6) is 5.75 Å². The van der Waals surface area contributed by atoms with Gasteiger partial charge >= 0.3 is 6.03 Å². The molecule has 0 aliphatic carbocycles. The second-order valence-corrected chi connectivity index (χ2v) is 11.2. The van der Waals surface area contributed by atoms with Crippen LogP contribution >= 0.6 is 0 Å². The second kappa shape index (κ2) is 9.41. The molecular formula is C30H33N5O4. The number of aromatic nitrogens is 1. The van der Waals surface area contributed by atoms with Gasteiger partial charge in [-0.2, -0.15) is 0 Å². The molecule has 2 aromatic carbocycles. The van der Waals surface area contributed by atoms with E-state index < -0.39 is 11.6 Å². The first kappa shape index (κ1) is 26.2. The highest BCUT2D eigenvalue weighted by Crippen LogP contribution is 2.44. The average Bonchev–Trinajstić information content (AvgIpc) is 3.26. The van der Waals surface area contributed by atoms with E-state index in [1.165, 1.54) is 11.8 Å². The van der Waals surface area contributed by atoms with Crippen LogP contribution in [0.25, 0.3) is 0 Å². The summed E-state index contributed by atoms with van der Waals surface area (Å²) in [5, 5.41) is 3.26. The lowest BCUT2D eigenvalue weighted by molar-refractivity contribution is -0.123. The largest absolute Gasteiger partial charge is 0.497 e. The van der Waals surface area contributed by atoms with Crippen LogP contribution in [0.3, 0.4) is 0 Å². The Labute approximate surface area is 228 Å². The normalized spacial score (nSPS) is 17.4. The number of anilines is 4. The van der Waals surface area contributed by atoms with Crippen molar-refractivity contribution < 1.29 is 19.1 Å². The van der Waals surface area contributed by atoms with Crippen LogP contribution in [0.4, 0.5) is 27.7 Å². The molecule has 0 spiro atoms. The third-order valence-electron chi connectivity index (χ3n) is 7.54. The van der Waals surface area contributed by atoms with Crippen LogP contribution < -0.4 is 19.9 Å². The number of nitrogens with zero attached hydrogens (tertiary/aromatic N) is 4. The molecule has 1 fully saturated rings. The molecule has 1 N–H and O–H groups in total. The third-order valence-corrected chi connectivity index (χ3v) is 7.54. The van der Waals surface area contributed by atoms with Crippen LogP contribution in [0.15, 0.2) is 60.8 Å². The average molecular weight is 528 g/mol. The van der Waals surface area contributed by atoms with Crippen LogP contribution in [-0.2, 0) is 21.5 Å². The van der Waals surface area contributed by atoms with Crippen LogP contribution in [-0.4, -0.2) is 46.9 Å².